The van der Waals surface area contributed by atoms with Crippen LogP contribution >= 0.6 is 11.3 Å². The topological polar surface area (TPSA) is 94.3 Å². The van der Waals surface area contributed by atoms with Crippen molar-refractivity contribution >= 4 is 23.3 Å². The lowest BCUT2D eigenvalue weighted by Crippen LogP contribution is -2.32. The molecular weight excluding hydrogens is 254 g/mol. The molecule has 0 aliphatic carbocycles. The predicted octanol–water partition coefficient (Wildman–Crippen LogP) is 1.58. The van der Waals surface area contributed by atoms with E-state index < -0.39 is 17.6 Å². The van der Waals surface area contributed by atoms with E-state index in [1.807, 2.05) is 0 Å². The van der Waals surface area contributed by atoms with Gasteiger partial charge in [0.1, 0.15) is 15.5 Å². The zero-order valence-electron chi connectivity index (χ0n) is 10.9. The Hall–Kier alpha value is -1.63. The number of aryl methyl sites for hydroxylation is 1. The van der Waals surface area contributed by atoms with Crippen molar-refractivity contribution in [1.29, 1.82) is 0 Å². The van der Waals surface area contributed by atoms with Gasteiger partial charge in [0.2, 0.25) is 0 Å². The number of hydrogen-bond acceptors (Lipinski definition) is 5. The van der Waals surface area contributed by atoms with Gasteiger partial charge < -0.3 is 15.8 Å². The lowest BCUT2D eigenvalue weighted by Gasteiger charge is -2.19. The minimum absolute atomic E-state index is 0.216. The van der Waals surface area contributed by atoms with Gasteiger partial charge in [-0.05, 0) is 27.7 Å². The first-order valence-electron chi connectivity index (χ1n) is 5.42. The molecule has 0 fully saturated rings. The van der Waals surface area contributed by atoms with Crippen LogP contribution in [0.15, 0.2) is 0 Å². The molecule has 2 amide bonds. The highest BCUT2D eigenvalue weighted by atomic mass is 32.1. The van der Waals surface area contributed by atoms with Crippen LogP contribution in [-0.4, -0.2) is 22.6 Å². The van der Waals surface area contributed by atoms with Gasteiger partial charge in [0.15, 0.2) is 0 Å². The van der Waals surface area contributed by atoms with E-state index in [1.165, 1.54) is 11.3 Å². The molecule has 3 N–H and O–H groups in total. The van der Waals surface area contributed by atoms with Crippen molar-refractivity contribution in [3.05, 3.63) is 15.6 Å². The molecule has 0 unspecified atom stereocenters. The second kappa shape index (κ2) is 5.34. The first-order valence-corrected chi connectivity index (χ1v) is 6.23. The third kappa shape index (κ3) is 4.33. The Morgan fingerprint density at radius 3 is 2.50 bits per heavy atom. The molecule has 0 aromatic carbocycles. The molecule has 0 aliphatic rings. The van der Waals surface area contributed by atoms with Gasteiger partial charge in [-0.1, -0.05) is 0 Å². The molecule has 0 bridgehead atoms. The standard InChI is InChI=1S/C11H17N3O3S/c1-6-8(9(12)15)18-7(14-6)5-13-10(16)17-11(2,3)4/h5H2,1-4H3,(H2,12,15)(H,13,16). The lowest BCUT2D eigenvalue weighted by molar-refractivity contribution is 0.0523. The van der Waals surface area contributed by atoms with E-state index >= 15 is 0 Å². The van der Waals surface area contributed by atoms with Gasteiger partial charge in [-0.3, -0.25) is 4.79 Å². The summed E-state index contributed by atoms with van der Waals surface area (Å²) in [5.41, 5.74) is 5.22. The van der Waals surface area contributed by atoms with Crippen LogP contribution in [0.5, 0.6) is 0 Å². The number of alkyl carbamates (subject to hydrolysis) is 1. The number of nitrogens with zero attached hydrogens (tertiary/aromatic N) is 1. The number of nitrogens with one attached hydrogen (secondary N) is 1. The van der Waals surface area contributed by atoms with Crippen LogP contribution in [0, 0.1) is 6.92 Å². The minimum atomic E-state index is -0.540. The molecule has 0 aliphatic heterocycles. The molecule has 1 aromatic rings. The Kier molecular flexibility index (Phi) is 4.28. The molecule has 0 spiro atoms. The van der Waals surface area contributed by atoms with E-state index in [2.05, 4.69) is 10.3 Å². The number of primary amides is 1. The highest BCUT2D eigenvalue weighted by Gasteiger charge is 2.17. The average Bonchev–Trinajstić information content (AvgIpc) is 2.54. The van der Waals surface area contributed by atoms with Crippen molar-refractivity contribution in [2.45, 2.75) is 39.8 Å². The van der Waals surface area contributed by atoms with Gasteiger partial charge in [0.05, 0.1) is 12.2 Å². The molecule has 100 valence electrons. The number of carbonyl (C=O) groups excluding carboxylic acids is 2. The molecular formula is C11H17N3O3S. The maximum Gasteiger partial charge on any atom is 0.408 e. The summed E-state index contributed by atoms with van der Waals surface area (Å²) >= 11 is 1.17. The maximum atomic E-state index is 11.4. The van der Waals surface area contributed by atoms with Crippen LogP contribution in [0.3, 0.4) is 0 Å². The molecule has 1 rings (SSSR count). The van der Waals surface area contributed by atoms with Crippen LogP contribution in [0.1, 0.15) is 41.1 Å². The van der Waals surface area contributed by atoms with E-state index in [-0.39, 0.29) is 6.54 Å². The number of ether oxygens (including phenoxy) is 1. The van der Waals surface area contributed by atoms with Crippen LogP contribution in [0.4, 0.5) is 4.79 Å². The highest BCUT2D eigenvalue weighted by Crippen LogP contribution is 2.17. The number of nitrogens with two attached hydrogens (primary N) is 1. The fourth-order valence-corrected chi connectivity index (χ4v) is 2.07. The SMILES string of the molecule is Cc1nc(CNC(=O)OC(C)(C)C)sc1C(N)=O. The van der Waals surface area contributed by atoms with Crippen molar-refractivity contribution in [3.63, 3.8) is 0 Å². The first-order chi connectivity index (χ1) is 8.19. The van der Waals surface area contributed by atoms with Crippen LogP contribution in [-0.2, 0) is 11.3 Å². The largest absolute Gasteiger partial charge is 0.444 e. The Morgan fingerprint density at radius 2 is 2.06 bits per heavy atom. The normalized spacial score (nSPS) is 11.1. The van der Waals surface area contributed by atoms with E-state index in [4.69, 9.17) is 10.5 Å². The number of amides is 2. The van der Waals surface area contributed by atoms with Gasteiger partial charge in [-0.25, -0.2) is 9.78 Å². The number of hydrogen-bond donors (Lipinski definition) is 2. The van der Waals surface area contributed by atoms with Crippen molar-refractivity contribution < 1.29 is 14.3 Å². The summed E-state index contributed by atoms with van der Waals surface area (Å²) in [6.45, 7) is 7.27. The molecule has 0 saturated carbocycles. The summed E-state index contributed by atoms with van der Waals surface area (Å²) in [6.07, 6.45) is -0.518. The molecule has 1 heterocycles. The minimum Gasteiger partial charge on any atom is -0.444 e. The van der Waals surface area contributed by atoms with E-state index in [0.29, 0.717) is 15.6 Å². The fraction of sp³-hybridized carbons (Fsp3) is 0.545. The van der Waals surface area contributed by atoms with Gasteiger partial charge >= 0.3 is 6.09 Å². The zero-order valence-corrected chi connectivity index (χ0v) is 11.7. The average molecular weight is 271 g/mol. The van der Waals surface area contributed by atoms with Gasteiger partial charge in [-0.2, -0.15) is 0 Å². The summed E-state index contributed by atoms with van der Waals surface area (Å²) in [5.74, 6) is -0.506. The van der Waals surface area contributed by atoms with Crippen LogP contribution < -0.4 is 11.1 Å². The molecule has 0 atom stereocenters. The zero-order chi connectivity index (χ0) is 13.9. The number of thiazole rings is 1. The second-order valence-corrected chi connectivity index (χ2v) is 5.83. The molecule has 1 aromatic heterocycles. The van der Waals surface area contributed by atoms with E-state index in [9.17, 15) is 9.59 Å². The smallest absolute Gasteiger partial charge is 0.408 e. The summed E-state index contributed by atoms with van der Waals surface area (Å²) in [6, 6.07) is 0. The molecule has 0 radical (unpaired) electrons. The van der Waals surface area contributed by atoms with Crippen molar-refractivity contribution in [2.75, 3.05) is 0 Å². The molecule has 7 heteroatoms. The summed E-state index contributed by atoms with van der Waals surface area (Å²) in [5, 5.41) is 3.19. The number of rotatable bonds is 3. The van der Waals surface area contributed by atoms with Crippen molar-refractivity contribution in [3.8, 4) is 0 Å². The van der Waals surface area contributed by atoms with Gasteiger partial charge in [0, 0.05) is 0 Å². The Balaban J connectivity index is 2.57. The van der Waals surface area contributed by atoms with Gasteiger partial charge in [0.25, 0.3) is 5.91 Å². The lowest BCUT2D eigenvalue weighted by atomic mass is 10.2. The molecule has 0 saturated heterocycles. The Bertz CT molecular complexity index is 463. The fourth-order valence-electron chi connectivity index (χ4n) is 1.22. The number of aromatic nitrogens is 1. The number of carbonyl (C=O) groups is 2. The third-order valence-corrected chi connectivity index (χ3v) is 3.02. The quantitative estimate of drug-likeness (QED) is 0.872. The van der Waals surface area contributed by atoms with Crippen molar-refractivity contribution in [1.82, 2.24) is 10.3 Å². The second-order valence-electron chi connectivity index (χ2n) is 4.74. The monoisotopic (exact) mass is 271 g/mol. The first kappa shape index (κ1) is 14.4. The predicted molar refractivity (Wildman–Crippen MR) is 68.4 cm³/mol. The van der Waals surface area contributed by atoms with Gasteiger partial charge in [-0.15, -0.1) is 11.3 Å². The summed E-state index contributed by atoms with van der Waals surface area (Å²) < 4.78 is 5.08. The van der Waals surface area contributed by atoms with E-state index in [1.54, 1.807) is 27.7 Å². The Labute approximate surface area is 110 Å². The Morgan fingerprint density at radius 1 is 1.44 bits per heavy atom. The highest BCUT2D eigenvalue weighted by molar-refractivity contribution is 7.13. The van der Waals surface area contributed by atoms with E-state index in [0.717, 1.165) is 0 Å². The summed E-state index contributed by atoms with van der Waals surface area (Å²) in [4.78, 5) is 27.0. The molecule has 6 nitrogen and oxygen atoms in total. The third-order valence-electron chi connectivity index (χ3n) is 1.85. The van der Waals surface area contributed by atoms with Crippen molar-refractivity contribution in [2.24, 2.45) is 5.73 Å². The molecule has 18 heavy (non-hydrogen) atoms. The maximum absolute atomic E-state index is 11.4. The van der Waals surface area contributed by atoms with Crippen LogP contribution in [0.25, 0.3) is 0 Å². The van der Waals surface area contributed by atoms with Crippen LogP contribution in [0.2, 0.25) is 0 Å². The summed E-state index contributed by atoms with van der Waals surface area (Å²) in [7, 11) is 0.